The molecule has 0 radical (unpaired) electrons. The minimum atomic E-state index is 0.0169. The summed E-state index contributed by atoms with van der Waals surface area (Å²) in [5.74, 6) is 3.68. The fourth-order valence-electron chi connectivity index (χ4n) is 10.2. The van der Waals surface area contributed by atoms with Crippen molar-refractivity contribution in [3.8, 4) is 45.3 Å². The molecule has 5 aromatic rings. The Labute approximate surface area is 280 Å². The second kappa shape index (κ2) is 9.22. The van der Waals surface area contributed by atoms with Gasteiger partial charge >= 0.3 is 0 Å². The van der Waals surface area contributed by atoms with Gasteiger partial charge in [0.05, 0.1) is 0 Å². The minimum absolute atomic E-state index is 0.0169. The van der Waals surface area contributed by atoms with Crippen LogP contribution in [0.1, 0.15) is 90.5 Å². The molecular formula is C44H43BO2. The standard InChI is InChI=1S/C44H43BO2/c1-41(2)24-43(5,6)32-22-26(18-20-30(32)41)28-12-9-14-34-39(28)46-36-16-11-17-37-38(36)45(34)35-15-10-13-29(40(35)47-37)27-19-21-31-33(23-27)44(7,8)25-42(31,3)4/h9-23H,24-25H2,1-8H3. The smallest absolute Gasteiger partial charge is 0.260 e. The van der Waals surface area contributed by atoms with Crippen LogP contribution in [-0.4, -0.2) is 6.71 Å². The molecule has 0 atom stereocenters. The maximum absolute atomic E-state index is 6.86. The van der Waals surface area contributed by atoms with Gasteiger partial charge in [0.1, 0.15) is 23.0 Å². The van der Waals surface area contributed by atoms with Crippen molar-refractivity contribution < 1.29 is 9.47 Å². The van der Waals surface area contributed by atoms with Crippen molar-refractivity contribution in [2.75, 3.05) is 0 Å². The first-order valence-corrected chi connectivity index (χ1v) is 17.3. The Balaban J connectivity index is 1.21. The summed E-state index contributed by atoms with van der Waals surface area (Å²) in [5.41, 5.74) is 14.7. The zero-order chi connectivity index (χ0) is 32.7. The molecule has 0 unspecified atom stereocenters. The van der Waals surface area contributed by atoms with Crippen molar-refractivity contribution in [2.24, 2.45) is 0 Å². The summed E-state index contributed by atoms with van der Waals surface area (Å²) in [6, 6.07) is 33.8. The molecule has 9 rings (SSSR count). The molecule has 0 aromatic heterocycles. The van der Waals surface area contributed by atoms with E-state index in [4.69, 9.17) is 9.47 Å². The van der Waals surface area contributed by atoms with Gasteiger partial charge in [-0.3, -0.25) is 0 Å². The van der Waals surface area contributed by atoms with Crippen LogP contribution >= 0.6 is 0 Å². The molecule has 0 saturated carbocycles. The molecule has 2 aliphatic heterocycles. The molecule has 234 valence electrons. The summed E-state index contributed by atoms with van der Waals surface area (Å²) in [4.78, 5) is 0. The first-order valence-electron chi connectivity index (χ1n) is 17.3. The number of rotatable bonds is 2. The van der Waals surface area contributed by atoms with Gasteiger partial charge in [0.2, 0.25) is 0 Å². The zero-order valence-electron chi connectivity index (χ0n) is 29.0. The van der Waals surface area contributed by atoms with E-state index in [2.05, 4.69) is 146 Å². The van der Waals surface area contributed by atoms with Gasteiger partial charge in [-0.1, -0.05) is 134 Å². The second-order valence-corrected chi connectivity index (χ2v) is 17.2. The second-order valence-electron chi connectivity index (χ2n) is 17.2. The van der Waals surface area contributed by atoms with Crippen LogP contribution in [0, 0.1) is 0 Å². The van der Waals surface area contributed by atoms with Crippen LogP contribution in [0.15, 0.2) is 91.0 Å². The minimum Gasteiger partial charge on any atom is -0.458 e. The summed E-state index contributed by atoms with van der Waals surface area (Å²) in [7, 11) is 0. The zero-order valence-corrected chi connectivity index (χ0v) is 29.0. The molecule has 2 nitrogen and oxygen atoms in total. The number of hydrogen-bond acceptors (Lipinski definition) is 2. The van der Waals surface area contributed by atoms with Gasteiger partial charge in [0.25, 0.3) is 6.71 Å². The summed E-state index contributed by atoms with van der Waals surface area (Å²) in [5, 5.41) is 0. The molecular weight excluding hydrogens is 571 g/mol. The normalized spacial score (nSPS) is 19.4. The molecule has 0 bridgehead atoms. The Hall–Kier alpha value is -4.24. The Morgan fingerprint density at radius 1 is 0.468 bits per heavy atom. The fraction of sp³-hybridized carbons (Fsp3) is 0.318. The highest BCUT2D eigenvalue weighted by molar-refractivity contribution is 6.98. The first kappa shape index (κ1) is 28.9. The van der Waals surface area contributed by atoms with Crippen LogP contribution < -0.4 is 25.9 Å². The van der Waals surface area contributed by atoms with Crippen LogP contribution in [0.2, 0.25) is 0 Å². The number of ether oxygens (including phenoxy) is 2. The third-order valence-corrected chi connectivity index (χ3v) is 11.8. The third kappa shape index (κ3) is 4.05. The molecule has 3 heteroatoms. The SMILES string of the molecule is CC1(C)CC(C)(C)c2cc(-c3cccc4c3Oc3cccc5c3B4c3cccc(-c4ccc6c(c4)C(C)(C)CC6(C)C)c3O5)ccc21. The maximum atomic E-state index is 6.86. The number of para-hydroxylation sites is 2. The summed E-state index contributed by atoms with van der Waals surface area (Å²) in [6.07, 6.45) is 2.30. The van der Waals surface area contributed by atoms with Gasteiger partial charge in [0, 0.05) is 16.6 Å². The average Bonchev–Trinajstić information content (AvgIpc) is 3.34. The van der Waals surface area contributed by atoms with E-state index in [9.17, 15) is 0 Å². The van der Waals surface area contributed by atoms with Crippen molar-refractivity contribution in [1.29, 1.82) is 0 Å². The molecule has 47 heavy (non-hydrogen) atoms. The molecule has 2 heterocycles. The monoisotopic (exact) mass is 614 g/mol. The highest BCUT2D eigenvalue weighted by Crippen LogP contribution is 2.52. The quantitative estimate of drug-likeness (QED) is 0.181. The highest BCUT2D eigenvalue weighted by atomic mass is 16.5. The third-order valence-electron chi connectivity index (χ3n) is 11.8. The predicted octanol–water partition coefficient (Wildman–Crippen LogP) is 9.67. The van der Waals surface area contributed by atoms with Crippen LogP contribution in [0.5, 0.6) is 23.0 Å². The van der Waals surface area contributed by atoms with Gasteiger partial charge in [-0.15, -0.1) is 0 Å². The Kier molecular flexibility index (Phi) is 5.68. The number of fused-ring (bicyclic) bond motifs is 6. The number of hydrogen-bond donors (Lipinski definition) is 0. The molecule has 0 amide bonds. The van der Waals surface area contributed by atoms with E-state index >= 15 is 0 Å². The van der Waals surface area contributed by atoms with Crippen LogP contribution in [0.25, 0.3) is 22.3 Å². The van der Waals surface area contributed by atoms with Crippen LogP contribution in [0.4, 0.5) is 0 Å². The maximum Gasteiger partial charge on any atom is 0.260 e. The average molecular weight is 615 g/mol. The number of benzene rings is 5. The lowest BCUT2D eigenvalue weighted by atomic mass is 9.34. The van der Waals surface area contributed by atoms with E-state index in [0.717, 1.165) is 52.4 Å². The van der Waals surface area contributed by atoms with Crippen molar-refractivity contribution >= 4 is 23.1 Å². The lowest BCUT2D eigenvalue weighted by Gasteiger charge is -2.34. The summed E-state index contributed by atoms with van der Waals surface area (Å²) < 4.78 is 13.7. The van der Waals surface area contributed by atoms with Crippen molar-refractivity contribution in [3.05, 3.63) is 113 Å². The van der Waals surface area contributed by atoms with E-state index in [1.165, 1.54) is 44.3 Å². The first-order chi connectivity index (χ1) is 22.3. The van der Waals surface area contributed by atoms with Gasteiger partial charge in [0.15, 0.2) is 0 Å². The lowest BCUT2D eigenvalue weighted by Crippen LogP contribution is -2.57. The molecule has 0 saturated heterocycles. The Bertz CT molecular complexity index is 2020. The fourth-order valence-corrected chi connectivity index (χ4v) is 10.2. The molecule has 2 aliphatic carbocycles. The predicted molar refractivity (Wildman–Crippen MR) is 196 cm³/mol. The van der Waals surface area contributed by atoms with E-state index in [1.807, 2.05) is 0 Å². The van der Waals surface area contributed by atoms with Crippen molar-refractivity contribution in [1.82, 2.24) is 0 Å². The van der Waals surface area contributed by atoms with Crippen molar-refractivity contribution in [3.63, 3.8) is 0 Å². The van der Waals surface area contributed by atoms with Crippen molar-refractivity contribution in [2.45, 2.75) is 89.9 Å². The Morgan fingerprint density at radius 3 is 1.32 bits per heavy atom. The molecule has 4 aliphatic rings. The van der Waals surface area contributed by atoms with Gasteiger partial charge < -0.3 is 9.47 Å². The van der Waals surface area contributed by atoms with E-state index in [0.29, 0.717) is 0 Å². The van der Waals surface area contributed by atoms with E-state index in [-0.39, 0.29) is 28.4 Å². The lowest BCUT2D eigenvalue weighted by molar-refractivity contribution is 0.402. The van der Waals surface area contributed by atoms with Gasteiger partial charge in [-0.05, 0) is 90.9 Å². The Morgan fingerprint density at radius 2 is 0.872 bits per heavy atom. The topological polar surface area (TPSA) is 18.5 Å². The molecule has 0 fully saturated rings. The summed E-state index contributed by atoms with van der Waals surface area (Å²) >= 11 is 0. The van der Waals surface area contributed by atoms with Gasteiger partial charge in [-0.2, -0.15) is 0 Å². The van der Waals surface area contributed by atoms with Gasteiger partial charge in [-0.25, -0.2) is 0 Å². The van der Waals surface area contributed by atoms with E-state index in [1.54, 1.807) is 0 Å². The highest BCUT2D eigenvalue weighted by Gasteiger charge is 2.45. The van der Waals surface area contributed by atoms with E-state index < -0.39 is 0 Å². The summed E-state index contributed by atoms with van der Waals surface area (Å²) in [6.45, 7) is 19.1. The molecule has 0 N–H and O–H groups in total. The molecule has 5 aromatic carbocycles. The van der Waals surface area contributed by atoms with Crippen LogP contribution in [-0.2, 0) is 21.7 Å². The van der Waals surface area contributed by atoms with Crippen LogP contribution in [0.3, 0.4) is 0 Å². The molecule has 0 spiro atoms. The largest absolute Gasteiger partial charge is 0.458 e.